The number of ether oxygens (including phenoxy) is 1. The fraction of sp³-hybridized carbons (Fsp3) is 0.286. The zero-order valence-electron chi connectivity index (χ0n) is 14.7. The highest BCUT2D eigenvalue weighted by Crippen LogP contribution is 2.21. The first-order valence-electron chi connectivity index (χ1n) is 8.62. The topological polar surface area (TPSA) is 43.3 Å². The minimum atomic E-state index is 0.0360. The molecule has 3 aromatic rings. The number of carbonyl (C=O) groups excluding carboxylic acids is 1. The number of rotatable bonds is 7. The average molecular weight is 336 g/mol. The van der Waals surface area contributed by atoms with Crippen molar-refractivity contribution in [1.29, 1.82) is 0 Å². The van der Waals surface area contributed by atoms with E-state index in [4.69, 9.17) is 4.74 Å². The molecule has 0 spiro atoms. The minimum Gasteiger partial charge on any atom is -0.497 e. The van der Waals surface area contributed by atoms with E-state index in [1.165, 1.54) is 5.56 Å². The molecule has 25 heavy (non-hydrogen) atoms. The predicted octanol–water partition coefficient (Wildman–Crippen LogP) is 3.79. The number of methoxy groups -OCH3 is 1. The van der Waals surface area contributed by atoms with Gasteiger partial charge in [-0.05, 0) is 49.6 Å². The summed E-state index contributed by atoms with van der Waals surface area (Å²) >= 11 is 0. The van der Waals surface area contributed by atoms with Crippen molar-refractivity contribution in [1.82, 2.24) is 9.88 Å². The maximum Gasteiger partial charge on any atom is 0.240 e. The highest BCUT2D eigenvalue weighted by Gasteiger charge is 2.10. The highest BCUT2D eigenvalue weighted by atomic mass is 16.5. The molecule has 0 aliphatic rings. The summed E-state index contributed by atoms with van der Waals surface area (Å²) in [5.74, 6) is 0.859. The Labute approximate surface area is 148 Å². The number of aryl methyl sites for hydroxylation is 1. The fourth-order valence-electron chi connectivity index (χ4n) is 3.02. The molecule has 4 heteroatoms. The summed E-state index contributed by atoms with van der Waals surface area (Å²) in [6.45, 7) is 2.38. The second-order valence-corrected chi connectivity index (χ2v) is 6.36. The van der Waals surface area contributed by atoms with E-state index < -0.39 is 0 Å². The third-order valence-corrected chi connectivity index (χ3v) is 4.41. The van der Waals surface area contributed by atoms with E-state index in [-0.39, 0.29) is 11.9 Å². The summed E-state index contributed by atoms with van der Waals surface area (Å²) in [6.07, 6.45) is 3.84. The summed E-state index contributed by atoms with van der Waals surface area (Å²) in [5.41, 5.74) is 2.34. The molecule has 0 bridgehead atoms. The van der Waals surface area contributed by atoms with Crippen molar-refractivity contribution in [3.05, 3.63) is 66.4 Å². The van der Waals surface area contributed by atoms with Gasteiger partial charge in [0.15, 0.2) is 0 Å². The van der Waals surface area contributed by atoms with Gasteiger partial charge in [-0.3, -0.25) is 4.79 Å². The number of amides is 1. The summed E-state index contributed by atoms with van der Waals surface area (Å²) in [4.78, 5) is 12.3. The Morgan fingerprint density at radius 1 is 1.16 bits per heavy atom. The van der Waals surface area contributed by atoms with Crippen LogP contribution in [0.4, 0.5) is 0 Å². The van der Waals surface area contributed by atoms with Gasteiger partial charge < -0.3 is 14.6 Å². The molecule has 130 valence electrons. The monoisotopic (exact) mass is 336 g/mol. The molecule has 0 aliphatic heterocycles. The standard InChI is InChI=1S/C21H24N2O2/c1-16(8-9-17-6-4-3-5-7-17)22-21(24)15-23-13-12-18-14-19(25-2)10-11-20(18)23/h3-7,10-14,16H,8-9,15H2,1-2H3,(H,22,24)/t16-/m1/s1. The van der Waals surface area contributed by atoms with Crippen LogP contribution in [0.25, 0.3) is 10.9 Å². The molecule has 0 aliphatic carbocycles. The van der Waals surface area contributed by atoms with Gasteiger partial charge in [0.1, 0.15) is 12.3 Å². The first-order valence-corrected chi connectivity index (χ1v) is 8.62. The third kappa shape index (κ3) is 4.41. The van der Waals surface area contributed by atoms with Crippen LogP contribution in [0.1, 0.15) is 18.9 Å². The summed E-state index contributed by atoms with van der Waals surface area (Å²) < 4.78 is 7.21. The van der Waals surface area contributed by atoms with E-state index in [0.29, 0.717) is 6.54 Å². The van der Waals surface area contributed by atoms with E-state index in [9.17, 15) is 4.79 Å². The van der Waals surface area contributed by atoms with Crippen molar-refractivity contribution in [3.8, 4) is 5.75 Å². The normalized spacial score (nSPS) is 12.1. The molecule has 0 saturated carbocycles. The number of fused-ring (bicyclic) bond motifs is 1. The third-order valence-electron chi connectivity index (χ3n) is 4.41. The SMILES string of the molecule is COc1ccc2c(ccn2CC(=O)N[C@H](C)CCc2ccccc2)c1. The Morgan fingerprint density at radius 2 is 1.96 bits per heavy atom. The maximum atomic E-state index is 12.3. The average Bonchev–Trinajstić information content (AvgIpc) is 3.02. The van der Waals surface area contributed by atoms with Crippen LogP contribution in [0.5, 0.6) is 5.75 Å². The van der Waals surface area contributed by atoms with Gasteiger partial charge in [0.05, 0.1) is 7.11 Å². The molecule has 0 fully saturated rings. The van der Waals surface area contributed by atoms with Gasteiger partial charge in [-0.25, -0.2) is 0 Å². The highest BCUT2D eigenvalue weighted by molar-refractivity contribution is 5.84. The number of hydrogen-bond acceptors (Lipinski definition) is 2. The minimum absolute atomic E-state index is 0.0360. The van der Waals surface area contributed by atoms with Crippen LogP contribution in [0.15, 0.2) is 60.8 Å². The lowest BCUT2D eigenvalue weighted by atomic mass is 10.1. The van der Waals surface area contributed by atoms with E-state index in [1.807, 2.05) is 53.2 Å². The van der Waals surface area contributed by atoms with Crippen LogP contribution in [-0.4, -0.2) is 23.6 Å². The molecule has 0 radical (unpaired) electrons. The number of nitrogens with zero attached hydrogens (tertiary/aromatic N) is 1. The number of hydrogen-bond donors (Lipinski definition) is 1. The van der Waals surface area contributed by atoms with Gasteiger partial charge in [0, 0.05) is 23.1 Å². The Kier molecular flexibility index (Phi) is 5.39. The molecule has 1 heterocycles. The maximum absolute atomic E-state index is 12.3. The molecule has 0 unspecified atom stereocenters. The second-order valence-electron chi connectivity index (χ2n) is 6.36. The van der Waals surface area contributed by atoms with Gasteiger partial charge in [-0.15, -0.1) is 0 Å². The van der Waals surface area contributed by atoms with Gasteiger partial charge in [-0.2, -0.15) is 0 Å². The molecule has 2 aromatic carbocycles. The van der Waals surface area contributed by atoms with Gasteiger partial charge in [0.25, 0.3) is 0 Å². The van der Waals surface area contributed by atoms with E-state index >= 15 is 0 Å². The Hall–Kier alpha value is -2.75. The van der Waals surface area contributed by atoms with E-state index in [0.717, 1.165) is 29.5 Å². The largest absolute Gasteiger partial charge is 0.497 e. The van der Waals surface area contributed by atoms with Crippen LogP contribution in [-0.2, 0) is 17.8 Å². The molecule has 1 N–H and O–H groups in total. The van der Waals surface area contributed by atoms with Crippen LogP contribution in [0, 0.1) is 0 Å². The zero-order valence-corrected chi connectivity index (χ0v) is 14.7. The Bertz CT molecular complexity index is 839. The van der Waals surface area contributed by atoms with Gasteiger partial charge in [-0.1, -0.05) is 30.3 Å². The molecule has 0 saturated heterocycles. The van der Waals surface area contributed by atoms with Crippen molar-refractivity contribution in [3.63, 3.8) is 0 Å². The lowest BCUT2D eigenvalue weighted by Crippen LogP contribution is -2.35. The second kappa shape index (κ2) is 7.88. The van der Waals surface area contributed by atoms with Crippen LogP contribution in [0.2, 0.25) is 0 Å². The Morgan fingerprint density at radius 3 is 2.72 bits per heavy atom. The molecule has 4 nitrogen and oxygen atoms in total. The summed E-state index contributed by atoms with van der Waals surface area (Å²) in [5, 5.41) is 4.16. The molecule has 1 aromatic heterocycles. The van der Waals surface area contributed by atoms with E-state index in [2.05, 4.69) is 24.4 Å². The van der Waals surface area contributed by atoms with Crippen LogP contribution >= 0.6 is 0 Å². The number of benzene rings is 2. The summed E-state index contributed by atoms with van der Waals surface area (Å²) in [6, 6.07) is 18.4. The molecular formula is C21H24N2O2. The van der Waals surface area contributed by atoms with Crippen LogP contribution < -0.4 is 10.1 Å². The number of aromatic nitrogens is 1. The summed E-state index contributed by atoms with van der Waals surface area (Å²) in [7, 11) is 1.66. The van der Waals surface area contributed by atoms with Crippen molar-refractivity contribution < 1.29 is 9.53 Å². The first kappa shape index (κ1) is 17.1. The molecule has 3 rings (SSSR count). The van der Waals surface area contributed by atoms with E-state index in [1.54, 1.807) is 7.11 Å². The smallest absolute Gasteiger partial charge is 0.240 e. The van der Waals surface area contributed by atoms with Crippen LogP contribution in [0.3, 0.4) is 0 Å². The van der Waals surface area contributed by atoms with Gasteiger partial charge in [0.2, 0.25) is 5.91 Å². The first-order chi connectivity index (χ1) is 12.2. The Balaban J connectivity index is 1.55. The zero-order chi connectivity index (χ0) is 17.6. The van der Waals surface area contributed by atoms with Crippen molar-refractivity contribution in [2.75, 3.05) is 7.11 Å². The van der Waals surface area contributed by atoms with Gasteiger partial charge >= 0.3 is 0 Å². The van der Waals surface area contributed by atoms with Crippen molar-refractivity contribution in [2.24, 2.45) is 0 Å². The van der Waals surface area contributed by atoms with Crippen molar-refractivity contribution in [2.45, 2.75) is 32.4 Å². The number of nitrogens with one attached hydrogen (secondary N) is 1. The fourth-order valence-corrected chi connectivity index (χ4v) is 3.02. The van der Waals surface area contributed by atoms with Crippen molar-refractivity contribution >= 4 is 16.8 Å². The molecule has 1 atom stereocenters. The quantitative estimate of drug-likeness (QED) is 0.713. The molecule has 1 amide bonds. The predicted molar refractivity (Wildman–Crippen MR) is 101 cm³/mol. The lowest BCUT2D eigenvalue weighted by Gasteiger charge is -2.14. The lowest BCUT2D eigenvalue weighted by molar-refractivity contribution is -0.122. The molecular weight excluding hydrogens is 312 g/mol. The number of carbonyl (C=O) groups is 1.